The molecule has 0 bridgehead atoms. The van der Waals surface area contributed by atoms with Crippen LogP contribution in [0.15, 0.2) is 55.1 Å². The van der Waals surface area contributed by atoms with Gasteiger partial charge in [-0.3, -0.25) is 0 Å². The number of benzene rings is 1. The molecule has 0 N–H and O–H groups in total. The van der Waals surface area contributed by atoms with E-state index in [4.69, 9.17) is 18.9 Å². The van der Waals surface area contributed by atoms with Gasteiger partial charge in [0.25, 0.3) is 0 Å². The fourth-order valence-corrected chi connectivity index (χ4v) is 6.09. The Kier molecular flexibility index (Phi) is 9.44. The van der Waals surface area contributed by atoms with E-state index in [1.165, 1.54) is 0 Å². The molecule has 2 fully saturated rings. The first-order valence-corrected chi connectivity index (χ1v) is 13.0. The van der Waals surface area contributed by atoms with E-state index < -0.39 is 23.3 Å². The number of allylic oxidation sites excluding steroid dienone is 2. The molecule has 196 valence electrons. The summed E-state index contributed by atoms with van der Waals surface area (Å²) < 4.78 is 24.4. The van der Waals surface area contributed by atoms with Gasteiger partial charge in [-0.05, 0) is 52.5 Å². The summed E-state index contributed by atoms with van der Waals surface area (Å²) in [5.41, 5.74) is -0.719. The van der Waals surface area contributed by atoms with Crippen molar-refractivity contribution in [2.75, 3.05) is 6.79 Å². The van der Waals surface area contributed by atoms with Crippen LogP contribution in [0.4, 0.5) is 4.79 Å². The van der Waals surface area contributed by atoms with Crippen LogP contribution in [-0.2, 0) is 25.6 Å². The molecule has 1 aromatic rings. The van der Waals surface area contributed by atoms with Crippen molar-refractivity contribution in [3.8, 4) is 11.8 Å². The standard InChI is InChI=1S/C31H42O5/c1-7-10-21-31(29(4,5)19-8-2)27(35-28(32)36-31)25-17-14-18-26(30(25,6)20-9-3)34-23-33-22-24-15-12-11-13-16-24/h7,9-13,15-16,25-27H,3,14,17-18,20-23H2,1-2,4-6H3/b10-7+/t25?,26-,27-,30-,31+/m0/s1. The van der Waals surface area contributed by atoms with E-state index in [0.29, 0.717) is 13.0 Å². The topological polar surface area (TPSA) is 54.0 Å². The Bertz CT molecular complexity index is 972. The van der Waals surface area contributed by atoms with Gasteiger partial charge in [-0.25, -0.2) is 4.79 Å². The van der Waals surface area contributed by atoms with Crippen LogP contribution >= 0.6 is 0 Å². The minimum absolute atomic E-state index is 0.0120. The highest BCUT2D eigenvalue weighted by molar-refractivity contribution is 5.64. The fraction of sp³-hybridized carbons (Fsp3) is 0.581. The number of ether oxygens (including phenoxy) is 4. The molecule has 1 unspecified atom stereocenters. The highest BCUT2D eigenvalue weighted by Crippen LogP contribution is 2.56. The Morgan fingerprint density at radius 1 is 1.22 bits per heavy atom. The van der Waals surface area contributed by atoms with E-state index in [1.807, 2.05) is 76.3 Å². The van der Waals surface area contributed by atoms with Gasteiger partial charge in [-0.1, -0.05) is 67.8 Å². The molecule has 5 atom stereocenters. The Hall–Kier alpha value is -2.55. The van der Waals surface area contributed by atoms with Crippen molar-refractivity contribution in [2.45, 2.75) is 91.1 Å². The molecule has 2 aliphatic rings. The van der Waals surface area contributed by atoms with E-state index in [9.17, 15) is 4.79 Å². The first-order valence-electron chi connectivity index (χ1n) is 13.0. The summed E-state index contributed by atoms with van der Waals surface area (Å²) in [6.45, 7) is 14.9. The maximum atomic E-state index is 12.7. The van der Waals surface area contributed by atoms with Crippen molar-refractivity contribution in [3.63, 3.8) is 0 Å². The minimum atomic E-state index is -0.904. The van der Waals surface area contributed by atoms with Gasteiger partial charge in [0, 0.05) is 17.8 Å². The van der Waals surface area contributed by atoms with Crippen molar-refractivity contribution in [1.82, 2.24) is 0 Å². The van der Waals surface area contributed by atoms with E-state index in [-0.39, 0.29) is 24.2 Å². The number of cyclic esters (lactones) is 2. The molecule has 0 aromatic heterocycles. The van der Waals surface area contributed by atoms with Crippen LogP contribution in [0.2, 0.25) is 0 Å². The molecule has 0 spiro atoms. The van der Waals surface area contributed by atoms with Crippen LogP contribution in [0, 0.1) is 28.6 Å². The van der Waals surface area contributed by atoms with Gasteiger partial charge in [-0.15, -0.1) is 12.5 Å². The maximum absolute atomic E-state index is 12.7. The second-order valence-corrected chi connectivity index (χ2v) is 10.7. The van der Waals surface area contributed by atoms with Crippen molar-refractivity contribution < 1.29 is 23.7 Å². The van der Waals surface area contributed by atoms with Gasteiger partial charge in [-0.2, -0.15) is 0 Å². The number of hydrogen-bond acceptors (Lipinski definition) is 5. The number of carbonyl (C=O) groups excluding carboxylic acids is 1. The zero-order valence-electron chi connectivity index (χ0n) is 22.5. The summed E-state index contributed by atoms with van der Waals surface area (Å²) in [6, 6.07) is 10.1. The van der Waals surface area contributed by atoms with Crippen LogP contribution in [-0.4, -0.2) is 30.8 Å². The van der Waals surface area contributed by atoms with Gasteiger partial charge in [0.05, 0.1) is 18.1 Å². The first-order chi connectivity index (χ1) is 17.2. The van der Waals surface area contributed by atoms with E-state index >= 15 is 0 Å². The Labute approximate surface area is 217 Å². The normalized spacial score (nSPS) is 30.4. The molecule has 1 aliphatic carbocycles. The summed E-state index contributed by atoms with van der Waals surface area (Å²) in [6.07, 6.45) is 8.89. The third-order valence-corrected chi connectivity index (χ3v) is 8.08. The van der Waals surface area contributed by atoms with Gasteiger partial charge >= 0.3 is 6.16 Å². The molecular weight excluding hydrogens is 452 g/mol. The number of rotatable bonds is 11. The third kappa shape index (κ3) is 5.71. The van der Waals surface area contributed by atoms with Gasteiger partial charge in [0.1, 0.15) is 6.79 Å². The van der Waals surface area contributed by atoms with Crippen LogP contribution < -0.4 is 0 Å². The Balaban J connectivity index is 1.88. The first kappa shape index (κ1) is 28.0. The Morgan fingerprint density at radius 3 is 2.64 bits per heavy atom. The predicted molar refractivity (Wildman–Crippen MR) is 142 cm³/mol. The van der Waals surface area contributed by atoms with Crippen LogP contribution in [0.5, 0.6) is 0 Å². The number of carbonyl (C=O) groups is 1. The summed E-state index contributed by atoms with van der Waals surface area (Å²) in [4.78, 5) is 12.7. The smallest absolute Gasteiger partial charge is 0.426 e. The highest BCUT2D eigenvalue weighted by Gasteiger charge is 2.65. The summed E-state index contributed by atoms with van der Waals surface area (Å²) in [5.74, 6) is 6.38. The molecule has 5 nitrogen and oxygen atoms in total. The van der Waals surface area contributed by atoms with Gasteiger partial charge in [0.2, 0.25) is 0 Å². The fourth-order valence-electron chi connectivity index (χ4n) is 6.09. The molecule has 0 amide bonds. The second kappa shape index (κ2) is 12.1. The minimum Gasteiger partial charge on any atom is -0.426 e. The summed E-state index contributed by atoms with van der Waals surface area (Å²) >= 11 is 0. The van der Waals surface area contributed by atoms with Crippen molar-refractivity contribution in [3.05, 3.63) is 60.7 Å². The summed E-state index contributed by atoms with van der Waals surface area (Å²) in [7, 11) is 0. The predicted octanol–water partition coefficient (Wildman–Crippen LogP) is 7.22. The summed E-state index contributed by atoms with van der Waals surface area (Å²) in [5, 5.41) is 0. The molecule has 0 radical (unpaired) electrons. The Morgan fingerprint density at radius 2 is 1.97 bits per heavy atom. The molecule has 1 aliphatic heterocycles. The van der Waals surface area contributed by atoms with E-state index in [0.717, 1.165) is 31.2 Å². The lowest BCUT2D eigenvalue weighted by atomic mass is 9.56. The monoisotopic (exact) mass is 494 g/mol. The average molecular weight is 495 g/mol. The maximum Gasteiger partial charge on any atom is 0.509 e. The lowest BCUT2D eigenvalue weighted by molar-refractivity contribution is -0.181. The van der Waals surface area contributed by atoms with E-state index in [1.54, 1.807) is 0 Å². The van der Waals surface area contributed by atoms with Crippen molar-refractivity contribution in [2.24, 2.45) is 16.7 Å². The van der Waals surface area contributed by atoms with Crippen molar-refractivity contribution in [1.29, 1.82) is 0 Å². The molecule has 1 saturated carbocycles. The average Bonchev–Trinajstić information content (AvgIpc) is 3.19. The molecule has 1 saturated heterocycles. The zero-order chi connectivity index (χ0) is 26.2. The largest absolute Gasteiger partial charge is 0.509 e. The van der Waals surface area contributed by atoms with Gasteiger partial charge < -0.3 is 18.9 Å². The SMILES string of the molecule is C=CC[C@@]1(C)C([C@@H]2OC(=O)O[C@@]2(C/C=C/C)C(C)(C)C#CC)CCC[C@@H]1OCOCc1ccccc1. The molecule has 1 aromatic carbocycles. The van der Waals surface area contributed by atoms with Crippen molar-refractivity contribution >= 4 is 6.16 Å². The molecule has 36 heavy (non-hydrogen) atoms. The van der Waals surface area contributed by atoms with Crippen LogP contribution in [0.25, 0.3) is 0 Å². The molecule has 3 rings (SSSR count). The molecule has 5 heteroatoms. The van der Waals surface area contributed by atoms with Gasteiger partial charge in [0.15, 0.2) is 11.7 Å². The van der Waals surface area contributed by atoms with Crippen LogP contribution in [0.3, 0.4) is 0 Å². The highest BCUT2D eigenvalue weighted by atomic mass is 16.8. The lowest BCUT2D eigenvalue weighted by Gasteiger charge is -2.52. The molecular formula is C31H42O5. The zero-order valence-corrected chi connectivity index (χ0v) is 22.5. The number of hydrogen-bond donors (Lipinski definition) is 0. The third-order valence-electron chi connectivity index (χ3n) is 8.08. The van der Waals surface area contributed by atoms with E-state index in [2.05, 4.69) is 25.3 Å². The lowest BCUT2D eigenvalue weighted by Crippen LogP contribution is -2.59. The van der Waals surface area contributed by atoms with Crippen LogP contribution in [0.1, 0.15) is 72.3 Å². The quantitative estimate of drug-likeness (QED) is 0.107. The molecule has 1 heterocycles. The second-order valence-electron chi connectivity index (χ2n) is 10.7.